The highest BCUT2D eigenvalue weighted by atomic mass is 35.5. The third-order valence-corrected chi connectivity index (χ3v) is 13.8. The van der Waals surface area contributed by atoms with E-state index in [-0.39, 0.29) is 47.9 Å². The SMILES string of the molecule is COc1cccc(CO)c1-n1c(CS(=O)(=O)CCc2ccc(Cl)cc2)nnc1-c1ccco1.COc1cccc(CO)c1-n1c(CS(=O)(=O)CCc2ccc(Cl)cc2)nnc1-c1ccco1. The Hall–Kier alpha value is -6.28. The number of aliphatic hydroxyl groups excluding tert-OH is 2. The molecule has 8 aromatic rings. The highest BCUT2D eigenvalue weighted by molar-refractivity contribution is 7.90. The van der Waals surface area contributed by atoms with Gasteiger partial charge in [0.25, 0.3) is 0 Å². The molecule has 0 saturated heterocycles. The van der Waals surface area contributed by atoms with E-state index in [4.69, 9.17) is 41.5 Å². The van der Waals surface area contributed by atoms with Crippen molar-refractivity contribution in [1.29, 1.82) is 0 Å². The van der Waals surface area contributed by atoms with E-state index in [9.17, 15) is 27.0 Å². The molecule has 0 spiro atoms. The molecular formula is C46H44Cl2N6O10S2. The molecule has 0 bridgehead atoms. The van der Waals surface area contributed by atoms with Crippen molar-refractivity contribution < 1.29 is 45.4 Å². The number of halogens is 2. The molecule has 4 aromatic heterocycles. The minimum Gasteiger partial charge on any atom is -0.495 e. The van der Waals surface area contributed by atoms with Crippen molar-refractivity contribution in [3.05, 3.63) is 166 Å². The van der Waals surface area contributed by atoms with Crippen LogP contribution in [0.3, 0.4) is 0 Å². The Bertz CT molecular complexity index is 2830. The van der Waals surface area contributed by atoms with Crippen LogP contribution >= 0.6 is 23.2 Å². The molecule has 8 rings (SSSR count). The number of furan rings is 2. The highest BCUT2D eigenvalue weighted by Crippen LogP contribution is 2.35. The lowest BCUT2D eigenvalue weighted by atomic mass is 10.1. The van der Waals surface area contributed by atoms with Gasteiger partial charge in [-0.1, -0.05) is 71.7 Å². The van der Waals surface area contributed by atoms with Gasteiger partial charge in [0.05, 0.1) is 62.8 Å². The number of hydrogen-bond acceptors (Lipinski definition) is 14. The van der Waals surface area contributed by atoms with Gasteiger partial charge >= 0.3 is 0 Å². The number of benzene rings is 4. The number of aromatic nitrogens is 6. The summed E-state index contributed by atoms with van der Waals surface area (Å²) < 4.78 is 77.2. The molecule has 0 aliphatic heterocycles. The lowest BCUT2D eigenvalue weighted by Crippen LogP contribution is -2.16. The topological polar surface area (TPSA) is 215 Å². The summed E-state index contributed by atoms with van der Waals surface area (Å²) in [6.07, 6.45) is 3.67. The molecule has 20 heteroatoms. The maximum Gasteiger partial charge on any atom is 0.204 e. The first kappa shape index (κ1) is 47.7. The first-order chi connectivity index (χ1) is 31.8. The van der Waals surface area contributed by atoms with Crippen molar-refractivity contribution in [3.8, 4) is 46.0 Å². The lowest BCUT2D eigenvalue weighted by molar-refractivity contribution is 0.280. The fourth-order valence-electron chi connectivity index (χ4n) is 7.04. The third-order valence-electron chi connectivity index (χ3n) is 10.3. The van der Waals surface area contributed by atoms with Gasteiger partial charge in [-0.15, -0.1) is 20.4 Å². The van der Waals surface area contributed by atoms with E-state index in [2.05, 4.69) is 20.4 Å². The molecule has 0 aliphatic carbocycles. The lowest BCUT2D eigenvalue weighted by Gasteiger charge is -2.17. The number of sulfone groups is 2. The Kier molecular flexibility index (Phi) is 15.4. The van der Waals surface area contributed by atoms with Crippen LogP contribution in [0.2, 0.25) is 10.0 Å². The van der Waals surface area contributed by atoms with Crippen molar-refractivity contribution in [3.63, 3.8) is 0 Å². The zero-order valence-electron chi connectivity index (χ0n) is 35.6. The van der Waals surface area contributed by atoms with Gasteiger partial charge in [0.2, 0.25) is 11.6 Å². The first-order valence-electron chi connectivity index (χ1n) is 20.2. The molecule has 4 heterocycles. The van der Waals surface area contributed by atoms with E-state index in [0.29, 0.717) is 80.1 Å². The monoisotopic (exact) mass is 974 g/mol. The van der Waals surface area contributed by atoms with Gasteiger partial charge < -0.3 is 28.5 Å². The van der Waals surface area contributed by atoms with Crippen LogP contribution in [0, 0.1) is 0 Å². The zero-order valence-corrected chi connectivity index (χ0v) is 38.8. The Balaban J connectivity index is 0.000000196. The normalized spacial score (nSPS) is 11.6. The number of aliphatic hydroxyl groups is 2. The molecule has 0 fully saturated rings. The summed E-state index contributed by atoms with van der Waals surface area (Å²) in [5.74, 6) is 1.84. The molecule has 0 saturated carbocycles. The van der Waals surface area contributed by atoms with Gasteiger partial charge in [-0.3, -0.25) is 9.13 Å². The van der Waals surface area contributed by atoms with Crippen molar-refractivity contribution in [2.24, 2.45) is 0 Å². The quantitative estimate of drug-likeness (QED) is 0.0844. The van der Waals surface area contributed by atoms with E-state index in [0.717, 1.165) is 11.1 Å². The molecule has 0 atom stereocenters. The largest absolute Gasteiger partial charge is 0.495 e. The number of hydrogen-bond donors (Lipinski definition) is 2. The predicted octanol–water partition coefficient (Wildman–Crippen LogP) is 7.68. The van der Waals surface area contributed by atoms with Gasteiger partial charge in [-0.2, -0.15) is 0 Å². The summed E-state index contributed by atoms with van der Waals surface area (Å²) in [6.45, 7) is -0.573. The molecule has 0 aliphatic rings. The standard InChI is InChI=1S/2C23H22ClN3O5S/c2*1-31-19-5-2-4-17(14-28)22(19)27-21(25-26-23(27)20-6-3-12-32-20)15-33(29,30)13-11-16-7-9-18(24)10-8-16/h2*2-10,12,28H,11,13-15H2,1H3. The molecule has 4 aromatic carbocycles. The number of para-hydroxylation sites is 2. The van der Waals surface area contributed by atoms with Crippen molar-refractivity contribution in [1.82, 2.24) is 29.5 Å². The Labute approximate surface area is 390 Å². The Morgan fingerprint density at radius 2 is 0.939 bits per heavy atom. The second-order valence-corrected chi connectivity index (χ2v) is 19.9. The second kappa shape index (κ2) is 21.4. The molecular weight excluding hydrogens is 932 g/mol. The Morgan fingerprint density at radius 1 is 0.545 bits per heavy atom. The molecule has 344 valence electrons. The second-order valence-electron chi connectivity index (χ2n) is 14.7. The van der Waals surface area contributed by atoms with Gasteiger partial charge in [0.1, 0.15) is 23.0 Å². The van der Waals surface area contributed by atoms with Crippen molar-refractivity contribution in [2.45, 2.75) is 37.6 Å². The van der Waals surface area contributed by atoms with Crippen LogP contribution in [0.4, 0.5) is 0 Å². The average Bonchev–Trinajstić information content (AvgIpc) is 4.17. The maximum absolute atomic E-state index is 13.0. The third kappa shape index (κ3) is 11.4. The smallest absolute Gasteiger partial charge is 0.204 e. The van der Waals surface area contributed by atoms with Crippen molar-refractivity contribution in [2.75, 3.05) is 25.7 Å². The highest BCUT2D eigenvalue weighted by Gasteiger charge is 2.28. The summed E-state index contributed by atoms with van der Waals surface area (Å²) in [5, 5.41) is 37.8. The summed E-state index contributed by atoms with van der Waals surface area (Å²) in [5.41, 5.74) is 3.72. The fourth-order valence-corrected chi connectivity index (χ4v) is 9.83. The first-order valence-corrected chi connectivity index (χ1v) is 24.6. The predicted molar refractivity (Wildman–Crippen MR) is 248 cm³/mol. The minimum absolute atomic E-state index is 0.0731. The van der Waals surface area contributed by atoms with E-state index >= 15 is 0 Å². The van der Waals surface area contributed by atoms with Crippen LogP contribution in [0.1, 0.15) is 33.9 Å². The van der Waals surface area contributed by atoms with E-state index in [1.807, 2.05) is 0 Å². The molecule has 16 nitrogen and oxygen atoms in total. The van der Waals surface area contributed by atoms with E-state index in [1.165, 1.54) is 26.7 Å². The van der Waals surface area contributed by atoms with Gasteiger partial charge in [-0.05, 0) is 84.6 Å². The van der Waals surface area contributed by atoms with Gasteiger partial charge in [0.15, 0.2) is 42.8 Å². The van der Waals surface area contributed by atoms with E-state index in [1.54, 1.807) is 118 Å². The van der Waals surface area contributed by atoms with E-state index < -0.39 is 19.7 Å². The van der Waals surface area contributed by atoms with Crippen LogP contribution in [-0.4, -0.2) is 82.3 Å². The summed E-state index contributed by atoms with van der Waals surface area (Å²) in [4.78, 5) is 0. The molecule has 0 unspecified atom stereocenters. The van der Waals surface area contributed by atoms with Crippen LogP contribution in [0.5, 0.6) is 11.5 Å². The number of methoxy groups -OCH3 is 2. The van der Waals surface area contributed by atoms with Crippen molar-refractivity contribution >= 4 is 42.9 Å². The Morgan fingerprint density at radius 3 is 1.27 bits per heavy atom. The minimum atomic E-state index is -3.56. The van der Waals surface area contributed by atoms with Crippen LogP contribution in [-0.2, 0) is 57.2 Å². The summed E-state index contributed by atoms with van der Waals surface area (Å²) >= 11 is 11.8. The molecule has 2 N–H and O–H groups in total. The average molecular weight is 976 g/mol. The number of ether oxygens (including phenoxy) is 2. The maximum atomic E-state index is 13.0. The zero-order chi connectivity index (χ0) is 46.8. The summed E-state index contributed by atoms with van der Waals surface area (Å²) in [7, 11) is -4.12. The summed E-state index contributed by atoms with van der Waals surface area (Å²) in [6, 6.07) is 31.3. The van der Waals surface area contributed by atoms with Crippen LogP contribution < -0.4 is 9.47 Å². The van der Waals surface area contributed by atoms with Gasteiger partial charge in [-0.25, -0.2) is 16.8 Å². The number of nitrogens with zero attached hydrogens (tertiary/aromatic N) is 6. The molecule has 0 radical (unpaired) electrons. The number of aryl methyl sites for hydroxylation is 2. The molecule has 0 amide bonds. The molecule has 66 heavy (non-hydrogen) atoms. The number of rotatable bonds is 18. The van der Waals surface area contributed by atoms with Gasteiger partial charge in [0, 0.05) is 21.2 Å². The van der Waals surface area contributed by atoms with Crippen LogP contribution in [0.25, 0.3) is 34.5 Å². The fraction of sp³-hybridized carbons (Fsp3) is 0.217. The van der Waals surface area contributed by atoms with Crippen LogP contribution in [0.15, 0.2) is 131 Å².